The number of carbonyl (C=O) groups is 1. The van der Waals surface area contributed by atoms with Crippen LogP contribution in [-0.2, 0) is 20.7 Å². The van der Waals surface area contributed by atoms with Crippen molar-refractivity contribution in [2.75, 3.05) is 12.9 Å². The molecule has 4 rings (SSSR count). The van der Waals surface area contributed by atoms with Crippen LogP contribution in [0.25, 0.3) is 21.9 Å². The average Bonchev–Trinajstić information content (AvgIpc) is 3.51. The van der Waals surface area contributed by atoms with E-state index in [0.717, 1.165) is 52.1 Å². The molecule has 4 nitrogen and oxygen atoms in total. The van der Waals surface area contributed by atoms with Crippen LogP contribution in [0.2, 0.25) is 0 Å². The largest absolute Gasteiger partial charge is 0.294 e. The lowest BCUT2D eigenvalue weighted by atomic mass is 9.93. The van der Waals surface area contributed by atoms with E-state index in [1.165, 1.54) is 0 Å². The predicted molar refractivity (Wildman–Crippen MR) is 111 cm³/mol. The Labute approximate surface area is 165 Å². The fraction of sp³-hybridized carbons (Fsp3) is 0.261. The van der Waals surface area contributed by atoms with Crippen molar-refractivity contribution >= 4 is 26.7 Å². The third kappa shape index (κ3) is 4.32. The molecule has 0 radical (unpaired) electrons. The van der Waals surface area contributed by atoms with Gasteiger partial charge in [-0.25, -0.2) is 0 Å². The van der Waals surface area contributed by atoms with Crippen LogP contribution in [0, 0.1) is 5.92 Å². The standard InChI is InChI=1S/C23H22O4S/c1-28(25,26)27-13-12-16-6-7-19-15-20(11-10-18(19)14-16)21-4-2-3-5-22(21)23(24)17-8-9-17/h2-7,10-11,14-15,17H,8-9,12-13H2,1H3. The molecular formula is C23H22O4S. The van der Waals surface area contributed by atoms with E-state index in [0.29, 0.717) is 6.42 Å². The van der Waals surface area contributed by atoms with E-state index < -0.39 is 10.1 Å². The molecule has 0 aromatic heterocycles. The van der Waals surface area contributed by atoms with Gasteiger partial charge in [0.1, 0.15) is 0 Å². The van der Waals surface area contributed by atoms with Crippen LogP contribution in [-0.4, -0.2) is 27.1 Å². The van der Waals surface area contributed by atoms with Gasteiger partial charge < -0.3 is 0 Å². The molecule has 0 heterocycles. The van der Waals surface area contributed by atoms with E-state index in [4.69, 9.17) is 4.18 Å². The molecule has 3 aromatic carbocycles. The third-order valence-corrected chi connectivity index (χ3v) is 5.64. The van der Waals surface area contributed by atoms with Crippen molar-refractivity contribution in [2.45, 2.75) is 19.3 Å². The van der Waals surface area contributed by atoms with Gasteiger partial charge in [0.15, 0.2) is 5.78 Å². The predicted octanol–water partition coefficient (Wildman–Crippen LogP) is 4.62. The Morgan fingerprint density at radius 2 is 1.71 bits per heavy atom. The second-order valence-corrected chi connectivity index (χ2v) is 9.00. The van der Waals surface area contributed by atoms with Gasteiger partial charge in [-0.1, -0.05) is 54.6 Å². The number of fused-ring (bicyclic) bond motifs is 1. The zero-order valence-electron chi connectivity index (χ0n) is 15.7. The van der Waals surface area contributed by atoms with Gasteiger partial charge in [-0.2, -0.15) is 8.42 Å². The lowest BCUT2D eigenvalue weighted by molar-refractivity contribution is 0.0968. The SMILES string of the molecule is CS(=O)(=O)OCCc1ccc2cc(-c3ccccc3C(=O)C3CC3)ccc2c1. The van der Waals surface area contributed by atoms with Crippen LogP contribution < -0.4 is 0 Å². The fourth-order valence-electron chi connectivity index (χ4n) is 3.44. The number of benzene rings is 3. The lowest BCUT2D eigenvalue weighted by Crippen LogP contribution is -2.06. The molecule has 5 heteroatoms. The first-order valence-corrected chi connectivity index (χ1v) is 11.2. The minimum Gasteiger partial charge on any atom is -0.294 e. The highest BCUT2D eigenvalue weighted by Gasteiger charge is 2.31. The first kappa shape index (κ1) is 18.8. The molecule has 1 aliphatic carbocycles. The van der Waals surface area contributed by atoms with Crippen LogP contribution in [0.15, 0.2) is 60.7 Å². The van der Waals surface area contributed by atoms with Crippen LogP contribution in [0.4, 0.5) is 0 Å². The van der Waals surface area contributed by atoms with Gasteiger partial charge >= 0.3 is 0 Å². The van der Waals surface area contributed by atoms with Gasteiger partial charge in [-0.15, -0.1) is 0 Å². The summed E-state index contributed by atoms with van der Waals surface area (Å²) in [4.78, 5) is 12.6. The number of Topliss-reactive ketones (excluding diaryl/α,β-unsaturated/α-hetero) is 1. The van der Waals surface area contributed by atoms with Crippen molar-refractivity contribution in [3.8, 4) is 11.1 Å². The van der Waals surface area contributed by atoms with Gasteiger partial charge in [0.2, 0.25) is 0 Å². The summed E-state index contributed by atoms with van der Waals surface area (Å²) in [5.41, 5.74) is 3.84. The molecule has 0 aliphatic heterocycles. The molecule has 0 unspecified atom stereocenters. The molecule has 144 valence electrons. The van der Waals surface area contributed by atoms with E-state index in [1.807, 2.05) is 54.6 Å². The Bertz CT molecular complexity index is 1140. The average molecular weight is 394 g/mol. The Kier molecular flexibility index (Phi) is 5.04. The summed E-state index contributed by atoms with van der Waals surface area (Å²) in [7, 11) is -3.41. The Morgan fingerprint density at radius 3 is 2.46 bits per heavy atom. The molecule has 0 N–H and O–H groups in total. The molecule has 1 aliphatic rings. The van der Waals surface area contributed by atoms with Crippen LogP contribution in [0.3, 0.4) is 0 Å². The first-order valence-electron chi connectivity index (χ1n) is 9.41. The van der Waals surface area contributed by atoms with E-state index >= 15 is 0 Å². The summed E-state index contributed by atoms with van der Waals surface area (Å²) < 4.78 is 27.0. The fourth-order valence-corrected chi connectivity index (χ4v) is 3.83. The number of hydrogen-bond acceptors (Lipinski definition) is 4. The summed E-state index contributed by atoms with van der Waals surface area (Å²) in [6.07, 6.45) is 3.58. The summed E-state index contributed by atoms with van der Waals surface area (Å²) in [5.74, 6) is 0.440. The van der Waals surface area contributed by atoms with Gasteiger partial charge in [-0.3, -0.25) is 8.98 Å². The molecular weight excluding hydrogens is 372 g/mol. The minimum absolute atomic E-state index is 0.138. The molecule has 0 spiro atoms. The molecule has 0 bridgehead atoms. The first-order chi connectivity index (χ1) is 13.4. The molecule has 3 aromatic rings. The Balaban J connectivity index is 1.61. The molecule has 1 saturated carbocycles. The van der Waals surface area contributed by atoms with Crippen LogP contribution in [0.5, 0.6) is 0 Å². The lowest BCUT2D eigenvalue weighted by Gasteiger charge is -2.10. The highest BCUT2D eigenvalue weighted by molar-refractivity contribution is 7.85. The smallest absolute Gasteiger partial charge is 0.264 e. The zero-order chi connectivity index (χ0) is 19.7. The van der Waals surface area contributed by atoms with E-state index in [-0.39, 0.29) is 18.3 Å². The maximum absolute atomic E-state index is 12.6. The van der Waals surface area contributed by atoms with Crippen molar-refractivity contribution < 1.29 is 17.4 Å². The highest BCUT2D eigenvalue weighted by atomic mass is 32.2. The number of ketones is 1. The van der Waals surface area contributed by atoms with Gasteiger partial charge in [0.25, 0.3) is 10.1 Å². The van der Waals surface area contributed by atoms with Crippen molar-refractivity contribution in [1.82, 2.24) is 0 Å². The second-order valence-electron chi connectivity index (χ2n) is 7.36. The normalized spacial score (nSPS) is 14.3. The van der Waals surface area contributed by atoms with E-state index in [2.05, 4.69) is 6.07 Å². The Morgan fingerprint density at radius 1 is 1.00 bits per heavy atom. The Hall–Kier alpha value is -2.50. The van der Waals surface area contributed by atoms with Crippen molar-refractivity contribution in [2.24, 2.45) is 5.92 Å². The van der Waals surface area contributed by atoms with Gasteiger partial charge in [0, 0.05) is 11.5 Å². The number of carbonyl (C=O) groups excluding carboxylic acids is 1. The number of hydrogen-bond donors (Lipinski definition) is 0. The summed E-state index contributed by atoms with van der Waals surface area (Å²) in [6.45, 7) is 0.138. The summed E-state index contributed by atoms with van der Waals surface area (Å²) in [6, 6.07) is 20.1. The number of rotatable bonds is 7. The maximum atomic E-state index is 12.6. The van der Waals surface area contributed by atoms with Crippen LogP contribution >= 0.6 is 0 Å². The van der Waals surface area contributed by atoms with Gasteiger partial charge in [0.05, 0.1) is 12.9 Å². The molecule has 28 heavy (non-hydrogen) atoms. The zero-order valence-corrected chi connectivity index (χ0v) is 16.5. The maximum Gasteiger partial charge on any atom is 0.264 e. The van der Waals surface area contributed by atoms with Crippen molar-refractivity contribution in [1.29, 1.82) is 0 Å². The van der Waals surface area contributed by atoms with E-state index in [1.54, 1.807) is 0 Å². The topological polar surface area (TPSA) is 60.4 Å². The van der Waals surface area contributed by atoms with E-state index in [9.17, 15) is 13.2 Å². The molecule has 0 saturated heterocycles. The van der Waals surface area contributed by atoms with Crippen molar-refractivity contribution in [3.63, 3.8) is 0 Å². The van der Waals surface area contributed by atoms with Crippen molar-refractivity contribution in [3.05, 3.63) is 71.8 Å². The van der Waals surface area contributed by atoms with Crippen LogP contribution in [0.1, 0.15) is 28.8 Å². The van der Waals surface area contributed by atoms with Gasteiger partial charge in [-0.05, 0) is 52.8 Å². The molecule has 0 amide bonds. The summed E-state index contributed by atoms with van der Waals surface area (Å²) in [5, 5.41) is 2.16. The second kappa shape index (κ2) is 7.49. The third-order valence-electron chi connectivity index (χ3n) is 5.04. The highest BCUT2D eigenvalue weighted by Crippen LogP contribution is 2.36. The summed E-state index contributed by atoms with van der Waals surface area (Å²) >= 11 is 0. The minimum atomic E-state index is -3.41. The molecule has 0 atom stereocenters. The monoisotopic (exact) mass is 394 g/mol. The molecule has 1 fully saturated rings. The quantitative estimate of drug-likeness (QED) is 0.433.